The van der Waals surface area contributed by atoms with Crippen LogP contribution in [0.3, 0.4) is 0 Å². The molecule has 6 nitrogen and oxygen atoms in total. The van der Waals surface area contributed by atoms with E-state index in [0.29, 0.717) is 30.9 Å². The van der Waals surface area contributed by atoms with Crippen molar-refractivity contribution in [2.75, 3.05) is 24.6 Å². The molecule has 0 aliphatic carbocycles. The van der Waals surface area contributed by atoms with E-state index in [0.717, 1.165) is 5.56 Å². The Bertz CT molecular complexity index is 1070. The quantitative estimate of drug-likeness (QED) is 0.353. The lowest BCUT2D eigenvalue weighted by Gasteiger charge is -2.34. The van der Waals surface area contributed by atoms with Crippen molar-refractivity contribution in [3.05, 3.63) is 105 Å². The Hall–Kier alpha value is -3.58. The maximum atomic E-state index is 13.2. The number of anilines is 1. The fourth-order valence-electron chi connectivity index (χ4n) is 3.58. The molecule has 7 heteroatoms. The summed E-state index contributed by atoms with van der Waals surface area (Å²) in [6.45, 7) is 1.24. The largest absolute Gasteiger partial charge is 0.370 e. The van der Waals surface area contributed by atoms with Gasteiger partial charge in [-0.05, 0) is 29.8 Å². The van der Waals surface area contributed by atoms with Crippen molar-refractivity contribution in [3.8, 4) is 0 Å². The van der Waals surface area contributed by atoms with Crippen molar-refractivity contribution in [2.45, 2.75) is 6.10 Å². The molecule has 1 aliphatic heterocycles. The fraction of sp³-hybridized carbons (Fsp3) is 0.174. The number of ether oxygens (including phenoxy) is 1. The van der Waals surface area contributed by atoms with Crippen LogP contribution in [0.4, 0.5) is 15.8 Å². The molecule has 1 unspecified atom stereocenters. The molecule has 4 rings (SSSR count). The molecule has 0 spiro atoms. The summed E-state index contributed by atoms with van der Waals surface area (Å²) in [5.41, 5.74) is 1.85. The van der Waals surface area contributed by atoms with E-state index in [4.69, 9.17) is 4.74 Å². The van der Waals surface area contributed by atoms with Gasteiger partial charge in [-0.15, -0.1) is 0 Å². The van der Waals surface area contributed by atoms with Crippen molar-refractivity contribution in [1.29, 1.82) is 0 Å². The molecular weight excluding hydrogens is 387 g/mol. The van der Waals surface area contributed by atoms with Gasteiger partial charge in [0.05, 0.1) is 11.5 Å². The molecule has 1 aliphatic rings. The number of hydrogen-bond donors (Lipinski definition) is 0. The van der Waals surface area contributed by atoms with Gasteiger partial charge in [0, 0.05) is 30.3 Å². The minimum absolute atomic E-state index is 0.128. The number of ketones is 1. The Morgan fingerprint density at radius 1 is 1.03 bits per heavy atom. The summed E-state index contributed by atoms with van der Waals surface area (Å²) in [5.74, 6) is -0.600. The minimum atomic E-state index is -0.473. The molecule has 30 heavy (non-hydrogen) atoms. The highest BCUT2D eigenvalue weighted by Crippen LogP contribution is 2.33. The summed E-state index contributed by atoms with van der Waals surface area (Å²) in [6, 6.07) is 19.2. The monoisotopic (exact) mass is 406 g/mol. The number of carbonyl (C=O) groups is 1. The first-order valence-corrected chi connectivity index (χ1v) is 9.53. The molecule has 1 saturated heterocycles. The zero-order valence-electron chi connectivity index (χ0n) is 16.0. The molecule has 0 N–H and O–H groups in total. The number of rotatable bonds is 5. The van der Waals surface area contributed by atoms with Gasteiger partial charge in [-0.1, -0.05) is 42.5 Å². The van der Waals surface area contributed by atoms with Gasteiger partial charge in [0.1, 0.15) is 17.6 Å². The van der Waals surface area contributed by atoms with Crippen molar-refractivity contribution in [3.63, 3.8) is 0 Å². The Labute approximate surface area is 172 Å². The Kier molecular flexibility index (Phi) is 5.54. The van der Waals surface area contributed by atoms with Gasteiger partial charge in [0.15, 0.2) is 5.78 Å². The lowest BCUT2D eigenvalue weighted by molar-refractivity contribution is -0.384. The van der Waals surface area contributed by atoms with E-state index in [1.54, 1.807) is 54.6 Å². The number of halogens is 1. The second-order valence-corrected chi connectivity index (χ2v) is 7.01. The second kappa shape index (κ2) is 8.42. The van der Waals surface area contributed by atoms with Crippen LogP contribution in [0.1, 0.15) is 27.6 Å². The zero-order valence-corrected chi connectivity index (χ0v) is 16.0. The molecule has 3 aromatic rings. The molecule has 3 aromatic carbocycles. The molecule has 1 atom stereocenters. The molecule has 0 radical (unpaired) electrons. The summed E-state index contributed by atoms with van der Waals surface area (Å²) in [4.78, 5) is 25.8. The number of hydrogen-bond acceptors (Lipinski definition) is 5. The van der Waals surface area contributed by atoms with Crippen LogP contribution in [0.25, 0.3) is 0 Å². The number of carbonyl (C=O) groups excluding carboxylic acids is 1. The van der Waals surface area contributed by atoms with Gasteiger partial charge in [-0.2, -0.15) is 0 Å². The molecule has 0 bridgehead atoms. The van der Waals surface area contributed by atoms with Gasteiger partial charge in [-0.3, -0.25) is 14.9 Å². The molecule has 0 saturated carbocycles. The number of morpholine rings is 1. The molecule has 1 heterocycles. The predicted molar refractivity (Wildman–Crippen MR) is 110 cm³/mol. The molecule has 0 amide bonds. The van der Waals surface area contributed by atoms with Gasteiger partial charge in [0.2, 0.25) is 0 Å². The van der Waals surface area contributed by atoms with E-state index in [9.17, 15) is 19.3 Å². The van der Waals surface area contributed by atoms with E-state index in [2.05, 4.69) is 0 Å². The maximum Gasteiger partial charge on any atom is 0.293 e. The summed E-state index contributed by atoms with van der Waals surface area (Å²) in [6.07, 6.45) is -0.329. The van der Waals surface area contributed by atoms with E-state index >= 15 is 0 Å². The van der Waals surface area contributed by atoms with Crippen LogP contribution in [0.2, 0.25) is 0 Å². The smallest absolute Gasteiger partial charge is 0.293 e. The fourth-order valence-corrected chi connectivity index (χ4v) is 3.58. The number of nitrogens with zero attached hydrogens (tertiary/aromatic N) is 2. The molecular formula is C23H19FN2O4. The average molecular weight is 406 g/mol. The first-order chi connectivity index (χ1) is 14.5. The maximum absolute atomic E-state index is 13.2. The summed E-state index contributed by atoms with van der Waals surface area (Å²) >= 11 is 0. The molecule has 152 valence electrons. The highest BCUT2D eigenvalue weighted by atomic mass is 19.1. The normalized spacial score (nSPS) is 16.3. The highest BCUT2D eigenvalue weighted by Gasteiger charge is 2.28. The van der Waals surface area contributed by atoms with Gasteiger partial charge in [-0.25, -0.2) is 4.39 Å². The summed E-state index contributed by atoms with van der Waals surface area (Å²) < 4.78 is 19.0. The van der Waals surface area contributed by atoms with Crippen molar-refractivity contribution >= 4 is 17.2 Å². The lowest BCUT2D eigenvalue weighted by atomic mass is 10.0. The Morgan fingerprint density at radius 2 is 1.77 bits per heavy atom. The van der Waals surface area contributed by atoms with E-state index in [-0.39, 0.29) is 29.0 Å². The summed E-state index contributed by atoms with van der Waals surface area (Å²) in [7, 11) is 0. The second-order valence-electron chi connectivity index (χ2n) is 7.01. The topological polar surface area (TPSA) is 72.7 Å². The van der Waals surface area contributed by atoms with Crippen LogP contribution in [0.15, 0.2) is 72.8 Å². The van der Waals surface area contributed by atoms with Gasteiger partial charge >= 0.3 is 0 Å². The molecule has 0 aromatic heterocycles. The van der Waals surface area contributed by atoms with Crippen LogP contribution >= 0.6 is 0 Å². The van der Waals surface area contributed by atoms with Crippen LogP contribution in [-0.2, 0) is 4.74 Å². The standard InChI is InChI=1S/C23H19FN2O4/c24-19-9-6-16(7-10-19)22-15-25(12-13-30-22)20-11-8-18(14-21(20)26(28)29)23(27)17-4-2-1-3-5-17/h1-11,14,22H,12-13,15H2. The SMILES string of the molecule is O=C(c1ccccc1)c1ccc(N2CCOC(c3ccc(F)cc3)C2)c([N+](=O)[O-])c1. The van der Waals surface area contributed by atoms with Gasteiger partial charge in [0.25, 0.3) is 5.69 Å². The number of nitro groups is 1. The Balaban J connectivity index is 1.62. The first kappa shape index (κ1) is 19.7. The summed E-state index contributed by atoms with van der Waals surface area (Å²) in [5, 5.41) is 11.8. The Morgan fingerprint density at radius 3 is 2.47 bits per heavy atom. The lowest BCUT2D eigenvalue weighted by Crippen LogP contribution is -2.38. The van der Waals surface area contributed by atoms with E-state index in [1.165, 1.54) is 18.2 Å². The third-order valence-electron chi connectivity index (χ3n) is 5.12. The third-order valence-corrected chi connectivity index (χ3v) is 5.12. The molecule has 1 fully saturated rings. The number of benzene rings is 3. The highest BCUT2D eigenvalue weighted by molar-refractivity contribution is 6.09. The van der Waals surface area contributed by atoms with Crippen LogP contribution < -0.4 is 4.90 Å². The first-order valence-electron chi connectivity index (χ1n) is 9.53. The minimum Gasteiger partial charge on any atom is -0.370 e. The van der Waals surface area contributed by atoms with Gasteiger partial charge < -0.3 is 9.64 Å². The third kappa shape index (κ3) is 4.06. The number of nitro benzene ring substituents is 1. The van der Waals surface area contributed by atoms with Crippen molar-refractivity contribution in [2.24, 2.45) is 0 Å². The van der Waals surface area contributed by atoms with Crippen molar-refractivity contribution in [1.82, 2.24) is 0 Å². The zero-order chi connectivity index (χ0) is 21.1. The van der Waals surface area contributed by atoms with Crippen molar-refractivity contribution < 1.29 is 18.8 Å². The van der Waals surface area contributed by atoms with Crippen LogP contribution in [0.5, 0.6) is 0 Å². The van der Waals surface area contributed by atoms with Crippen LogP contribution in [-0.4, -0.2) is 30.4 Å². The predicted octanol–water partition coefficient (Wildman–Crippen LogP) is 4.54. The van der Waals surface area contributed by atoms with Crippen LogP contribution in [0, 0.1) is 15.9 Å². The van der Waals surface area contributed by atoms with E-state index < -0.39 is 4.92 Å². The van der Waals surface area contributed by atoms with E-state index in [1.807, 2.05) is 4.90 Å². The average Bonchev–Trinajstić information content (AvgIpc) is 2.79.